The number of aliphatic hydroxyl groups excluding tert-OH is 1. The van der Waals surface area contributed by atoms with E-state index in [9.17, 15) is 9.90 Å². The van der Waals surface area contributed by atoms with Crippen LogP contribution in [0, 0.1) is 52.3 Å². The SMILES string of the molecule is CC(C)CCC[C@@H](C)[C@H]1CC[C@H]2[C@H]3CC[C@@H]4C[C@H](O)CC(NCCCCCCOC(N)=O)[C@]4(C)[C@H]3CC[C@]12C. The van der Waals surface area contributed by atoms with Crippen LogP contribution in [0.2, 0.25) is 0 Å². The maximum Gasteiger partial charge on any atom is 0.404 e. The summed E-state index contributed by atoms with van der Waals surface area (Å²) in [4.78, 5) is 10.7. The second-order valence-corrected chi connectivity index (χ2v) is 15.3. The Morgan fingerprint density at radius 1 is 0.949 bits per heavy atom. The first kappa shape index (κ1) is 31.1. The van der Waals surface area contributed by atoms with Crippen molar-refractivity contribution in [1.29, 1.82) is 0 Å². The summed E-state index contributed by atoms with van der Waals surface area (Å²) in [6.45, 7) is 14.1. The summed E-state index contributed by atoms with van der Waals surface area (Å²) in [7, 11) is 0. The highest BCUT2D eigenvalue weighted by molar-refractivity contribution is 5.64. The van der Waals surface area contributed by atoms with Crippen LogP contribution >= 0.6 is 0 Å². The first-order valence-electron chi connectivity index (χ1n) is 16.9. The summed E-state index contributed by atoms with van der Waals surface area (Å²) in [6, 6.07) is 0.425. The molecule has 0 aliphatic heterocycles. The van der Waals surface area contributed by atoms with Gasteiger partial charge in [-0.3, -0.25) is 0 Å². The Bertz CT molecular complexity index is 788. The zero-order chi connectivity index (χ0) is 28.2. The smallest absolute Gasteiger partial charge is 0.404 e. The predicted molar refractivity (Wildman–Crippen MR) is 160 cm³/mol. The van der Waals surface area contributed by atoms with E-state index in [1.165, 1.54) is 57.8 Å². The van der Waals surface area contributed by atoms with Crippen molar-refractivity contribution in [2.75, 3.05) is 13.2 Å². The number of amides is 1. The van der Waals surface area contributed by atoms with Crippen LogP contribution in [-0.4, -0.2) is 36.5 Å². The Balaban J connectivity index is 1.36. The average molecular weight is 547 g/mol. The number of nitrogens with two attached hydrogens (primary N) is 1. The first-order chi connectivity index (χ1) is 18.6. The van der Waals surface area contributed by atoms with Crippen molar-refractivity contribution < 1.29 is 14.6 Å². The van der Waals surface area contributed by atoms with Gasteiger partial charge in [-0.15, -0.1) is 0 Å². The Kier molecular flexibility index (Phi) is 10.7. The summed E-state index contributed by atoms with van der Waals surface area (Å²) in [5, 5.41) is 14.9. The molecular weight excluding hydrogens is 484 g/mol. The molecule has 5 heteroatoms. The lowest BCUT2D eigenvalue weighted by Crippen LogP contribution is -2.62. The highest BCUT2D eigenvalue weighted by atomic mass is 16.5. The van der Waals surface area contributed by atoms with E-state index in [-0.39, 0.29) is 6.10 Å². The van der Waals surface area contributed by atoms with Gasteiger partial charge in [0.1, 0.15) is 0 Å². The van der Waals surface area contributed by atoms with Crippen LogP contribution in [0.3, 0.4) is 0 Å². The predicted octanol–water partition coefficient (Wildman–Crippen LogP) is 7.69. The van der Waals surface area contributed by atoms with Gasteiger partial charge in [0.05, 0.1) is 12.7 Å². The van der Waals surface area contributed by atoms with Gasteiger partial charge >= 0.3 is 6.09 Å². The number of carbonyl (C=O) groups excluding carboxylic acids is 1. The number of nitrogens with one attached hydrogen (secondary N) is 1. The molecular formula is C34H62N2O3. The largest absolute Gasteiger partial charge is 0.450 e. The highest BCUT2D eigenvalue weighted by Gasteiger charge is 2.62. The summed E-state index contributed by atoms with van der Waals surface area (Å²) >= 11 is 0. The quantitative estimate of drug-likeness (QED) is 0.207. The van der Waals surface area contributed by atoms with E-state index in [1.807, 2.05) is 0 Å². The first-order valence-corrected chi connectivity index (χ1v) is 16.9. The molecule has 10 atom stereocenters. The van der Waals surface area contributed by atoms with E-state index < -0.39 is 6.09 Å². The molecule has 1 unspecified atom stereocenters. The molecule has 39 heavy (non-hydrogen) atoms. The Hall–Kier alpha value is -0.810. The van der Waals surface area contributed by atoms with E-state index in [2.05, 4.69) is 39.9 Å². The van der Waals surface area contributed by atoms with Gasteiger partial charge in [-0.25, -0.2) is 4.79 Å². The van der Waals surface area contributed by atoms with Crippen LogP contribution in [0.4, 0.5) is 4.79 Å². The third kappa shape index (κ3) is 6.82. The maximum absolute atomic E-state index is 10.9. The number of hydrogen-bond acceptors (Lipinski definition) is 4. The lowest BCUT2D eigenvalue weighted by Gasteiger charge is -2.63. The molecule has 4 aliphatic carbocycles. The van der Waals surface area contributed by atoms with Crippen molar-refractivity contribution in [2.24, 2.45) is 58.0 Å². The van der Waals surface area contributed by atoms with Gasteiger partial charge in [0.2, 0.25) is 0 Å². The average Bonchev–Trinajstić information content (AvgIpc) is 3.23. The summed E-state index contributed by atoms with van der Waals surface area (Å²) in [5.41, 5.74) is 5.90. The Morgan fingerprint density at radius 2 is 1.72 bits per heavy atom. The van der Waals surface area contributed by atoms with Gasteiger partial charge in [-0.2, -0.15) is 0 Å². The van der Waals surface area contributed by atoms with E-state index in [4.69, 9.17) is 10.5 Å². The summed E-state index contributed by atoms with van der Waals surface area (Å²) < 4.78 is 4.86. The standard InChI is InChI=1S/C34H62N2O3/c1-23(2)11-10-12-24(3)28-15-16-29-27-14-13-25-21-26(37)22-31(34(25,5)30(27)17-18-33(28,29)4)36-19-8-6-7-9-20-39-32(35)38/h23-31,36-37H,6-22H2,1-5H3,(H2,35,38)/t24-,25-,26+,27-,28-,29+,30+,31?,33-,34+/m1/s1. The van der Waals surface area contributed by atoms with Gasteiger partial charge in [0.25, 0.3) is 0 Å². The number of hydrogen-bond donors (Lipinski definition) is 3. The molecule has 4 aliphatic rings. The van der Waals surface area contributed by atoms with E-state index >= 15 is 0 Å². The molecule has 0 bridgehead atoms. The fourth-order valence-electron chi connectivity index (χ4n) is 10.7. The maximum atomic E-state index is 10.9. The molecule has 0 spiro atoms. The summed E-state index contributed by atoms with van der Waals surface area (Å²) in [5.74, 6) is 5.85. The van der Waals surface area contributed by atoms with Crippen molar-refractivity contribution in [3.63, 3.8) is 0 Å². The van der Waals surface area contributed by atoms with Crippen LogP contribution in [0.5, 0.6) is 0 Å². The van der Waals surface area contributed by atoms with E-state index in [0.717, 1.165) is 80.6 Å². The molecule has 226 valence electrons. The van der Waals surface area contributed by atoms with Gasteiger partial charge in [-0.05, 0) is 123 Å². The number of ether oxygens (including phenoxy) is 1. The molecule has 0 radical (unpaired) electrons. The van der Waals surface area contributed by atoms with Crippen LogP contribution in [0.15, 0.2) is 0 Å². The Morgan fingerprint density at radius 3 is 2.46 bits per heavy atom. The zero-order valence-corrected chi connectivity index (χ0v) is 26.1. The van der Waals surface area contributed by atoms with Crippen LogP contribution in [0.25, 0.3) is 0 Å². The highest BCUT2D eigenvalue weighted by Crippen LogP contribution is 2.68. The van der Waals surface area contributed by atoms with Crippen molar-refractivity contribution >= 4 is 6.09 Å². The fourth-order valence-corrected chi connectivity index (χ4v) is 10.7. The van der Waals surface area contributed by atoms with Crippen molar-refractivity contribution in [3.8, 4) is 0 Å². The number of rotatable bonds is 13. The lowest BCUT2D eigenvalue weighted by molar-refractivity contribution is -0.144. The number of unbranched alkanes of at least 4 members (excludes halogenated alkanes) is 3. The van der Waals surface area contributed by atoms with Gasteiger partial charge < -0.3 is 20.9 Å². The molecule has 5 nitrogen and oxygen atoms in total. The third-order valence-corrected chi connectivity index (χ3v) is 12.7. The van der Waals surface area contributed by atoms with E-state index in [1.54, 1.807) is 0 Å². The second kappa shape index (κ2) is 13.4. The molecule has 4 rings (SSSR count). The summed E-state index contributed by atoms with van der Waals surface area (Å²) in [6.07, 6.45) is 17.9. The number of fused-ring (bicyclic) bond motifs is 5. The molecule has 0 aromatic rings. The number of carbonyl (C=O) groups is 1. The third-order valence-electron chi connectivity index (χ3n) is 12.7. The fraction of sp³-hybridized carbons (Fsp3) is 0.971. The second-order valence-electron chi connectivity index (χ2n) is 15.3. The zero-order valence-electron chi connectivity index (χ0n) is 26.1. The molecule has 0 heterocycles. The lowest BCUT2D eigenvalue weighted by atomic mass is 9.43. The topological polar surface area (TPSA) is 84.6 Å². The molecule has 4 N–H and O–H groups in total. The minimum atomic E-state index is -0.673. The van der Waals surface area contributed by atoms with Crippen LogP contribution in [0.1, 0.15) is 131 Å². The van der Waals surface area contributed by atoms with Gasteiger partial charge in [0, 0.05) is 6.04 Å². The van der Waals surface area contributed by atoms with Crippen LogP contribution < -0.4 is 11.1 Å². The van der Waals surface area contributed by atoms with Crippen LogP contribution in [-0.2, 0) is 4.74 Å². The van der Waals surface area contributed by atoms with Crippen molar-refractivity contribution in [3.05, 3.63) is 0 Å². The molecule has 1 amide bonds. The molecule has 0 aromatic carbocycles. The van der Waals surface area contributed by atoms with Crippen molar-refractivity contribution in [2.45, 2.75) is 143 Å². The number of aliphatic hydroxyl groups is 1. The molecule has 0 aromatic heterocycles. The van der Waals surface area contributed by atoms with E-state index in [0.29, 0.717) is 29.4 Å². The van der Waals surface area contributed by atoms with Gasteiger partial charge in [-0.1, -0.05) is 66.7 Å². The van der Waals surface area contributed by atoms with Gasteiger partial charge in [0.15, 0.2) is 0 Å². The normalized spacial score (nSPS) is 40.5. The molecule has 4 saturated carbocycles. The van der Waals surface area contributed by atoms with Crippen molar-refractivity contribution in [1.82, 2.24) is 5.32 Å². The molecule has 4 fully saturated rings. The minimum Gasteiger partial charge on any atom is -0.450 e. The molecule has 0 saturated heterocycles. The monoisotopic (exact) mass is 546 g/mol. The number of primary amides is 1. The Labute approximate surface area is 240 Å². The minimum absolute atomic E-state index is 0.153.